The molecule has 15 nitrogen and oxygen atoms in total. The highest BCUT2D eigenvalue weighted by Gasteiger charge is 2.36. The minimum absolute atomic E-state index is 0.0717. The predicted octanol–water partition coefficient (Wildman–Crippen LogP) is 4.36. The van der Waals surface area contributed by atoms with Gasteiger partial charge in [-0.15, -0.1) is 0 Å². The molecule has 0 unspecified atom stereocenters. The quantitative estimate of drug-likeness (QED) is 0.181. The standard InChI is InChI=1S/C37H39Cl2N9O6/c1-46-28-12-15-47(36(51)21-11-14-48(18-21)37(52)53)19-27(28)43-33(46)34(50)44-26-5-3-4-24(30(26)38)32-31(39)23(10-13-41-32)25-8-6-20(35(45-25)54-2)16-40-17-22-7-9-29(49)42-22/h3-6,8,10,13,21-22,40H,7,9,11-12,14-19H2,1-2H3,(H,42,49)(H,44,50)(H,52,53)/t21-,22-/m0/s1. The molecular formula is C37H39Cl2N9O6. The molecule has 0 radical (unpaired) electrons. The van der Waals surface area contributed by atoms with Crippen LogP contribution in [0.3, 0.4) is 0 Å². The van der Waals surface area contributed by atoms with E-state index in [1.807, 2.05) is 12.1 Å². The number of rotatable bonds is 10. The van der Waals surface area contributed by atoms with Gasteiger partial charge < -0.3 is 40.2 Å². The zero-order chi connectivity index (χ0) is 38.1. The van der Waals surface area contributed by atoms with E-state index in [2.05, 4.69) is 25.9 Å². The maximum atomic E-state index is 13.6. The van der Waals surface area contributed by atoms with Crippen molar-refractivity contribution in [3.05, 3.63) is 75.4 Å². The third kappa shape index (κ3) is 7.43. The van der Waals surface area contributed by atoms with E-state index < -0.39 is 12.0 Å². The number of halogens is 2. The number of pyridine rings is 2. The molecular weight excluding hydrogens is 737 g/mol. The maximum Gasteiger partial charge on any atom is 0.407 e. The first-order chi connectivity index (χ1) is 26.0. The number of carbonyl (C=O) groups excluding carboxylic acids is 3. The molecule has 2 atom stereocenters. The number of likely N-dealkylation sites (tertiary alicyclic amines) is 1. The molecule has 282 valence electrons. The summed E-state index contributed by atoms with van der Waals surface area (Å²) < 4.78 is 7.34. The van der Waals surface area contributed by atoms with Gasteiger partial charge in [-0.1, -0.05) is 41.4 Å². The molecule has 0 saturated carbocycles. The van der Waals surface area contributed by atoms with Crippen LogP contribution in [0.5, 0.6) is 5.88 Å². The third-order valence-electron chi connectivity index (χ3n) is 10.2. The Morgan fingerprint density at radius 1 is 1.02 bits per heavy atom. The van der Waals surface area contributed by atoms with Crippen LogP contribution in [0.4, 0.5) is 10.5 Å². The van der Waals surface area contributed by atoms with Gasteiger partial charge in [0.05, 0.1) is 52.4 Å². The van der Waals surface area contributed by atoms with E-state index in [-0.39, 0.29) is 47.7 Å². The van der Waals surface area contributed by atoms with Gasteiger partial charge in [0.2, 0.25) is 17.7 Å². The van der Waals surface area contributed by atoms with E-state index in [0.29, 0.717) is 90.2 Å². The summed E-state index contributed by atoms with van der Waals surface area (Å²) in [6.07, 6.45) is 2.92. The van der Waals surface area contributed by atoms with E-state index in [1.165, 1.54) is 4.90 Å². The minimum atomic E-state index is -1.02. The Hall–Kier alpha value is -5.25. The maximum absolute atomic E-state index is 13.6. The molecule has 4 amide bonds. The second kappa shape index (κ2) is 15.6. The number of benzene rings is 1. The van der Waals surface area contributed by atoms with Gasteiger partial charge in [0.15, 0.2) is 5.82 Å². The second-order valence-electron chi connectivity index (χ2n) is 13.6. The minimum Gasteiger partial charge on any atom is -0.481 e. The summed E-state index contributed by atoms with van der Waals surface area (Å²) in [5.41, 5.74) is 4.72. The molecule has 54 heavy (non-hydrogen) atoms. The number of hydrogen-bond acceptors (Lipinski definition) is 9. The molecule has 4 N–H and O–H groups in total. The normalized spacial score (nSPS) is 18.0. The highest BCUT2D eigenvalue weighted by Crippen LogP contribution is 2.40. The van der Waals surface area contributed by atoms with Crippen LogP contribution in [0.2, 0.25) is 10.0 Å². The van der Waals surface area contributed by atoms with E-state index in [4.69, 9.17) is 32.9 Å². The summed E-state index contributed by atoms with van der Waals surface area (Å²) in [5.74, 6) is -0.308. The Balaban J connectivity index is 1.05. The molecule has 2 fully saturated rings. The average Bonchev–Trinajstić information content (AvgIpc) is 3.91. The molecule has 0 aliphatic carbocycles. The predicted molar refractivity (Wildman–Crippen MR) is 200 cm³/mol. The van der Waals surface area contributed by atoms with Crippen molar-refractivity contribution in [3.8, 4) is 28.4 Å². The van der Waals surface area contributed by atoms with Gasteiger partial charge in [-0.3, -0.25) is 19.4 Å². The lowest BCUT2D eigenvalue weighted by atomic mass is 10.0. The van der Waals surface area contributed by atoms with Gasteiger partial charge in [-0.25, -0.2) is 14.8 Å². The first kappa shape index (κ1) is 37.1. The molecule has 1 aromatic carbocycles. The summed E-state index contributed by atoms with van der Waals surface area (Å²) in [7, 11) is 3.31. The molecule has 17 heteroatoms. The number of carbonyl (C=O) groups is 4. The van der Waals surface area contributed by atoms with E-state index in [9.17, 15) is 24.3 Å². The van der Waals surface area contributed by atoms with Crippen LogP contribution >= 0.6 is 23.2 Å². The van der Waals surface area contributed by atoms with Gasteiger partial charge in [0.25, 0.3) is 5.91 Å². The average molecular weight is 777 g/mol. The molecule has 4 aromatic rings. The summed E-state index contributed by atoms with van der Waals surface area (Å²) in [6.45, 7) is 2.33. The van der Waals surface area contributed by atoms with Crippen molar-refractivity contribution in [3.63, 3.8) is 0 Å². The molecule has 0 spiro atoms. The van der Waals surface area contributed by atoms with Crippen molar-refractivity contribution in [2.75, 3.05) is 38.6 Å². The number of ether oxygens (including phenoxy) is 1. The van der Waals surface area contributed by atoms with Gasteiger partial charge in [-0.05, 0) is 31.0 Å². The number of nitrogens with zero attached hydrogens (tertiary/aromatic N) is 6. The van der Waals surface area contributed by atoms with Crippen LogP contribution in [-0.2, 0) is 36.1 Å². The van der Waals surface area contributed by atoms with Crippen LogP contribution in [0.1, 0.15) is 46.8 Å². The van der Waals surface area contributed by atoms with Crippen LogP contribution in [0.25, 0.3) is 22.5 Å². The van der Waals surface area contributed by atoms with Gasteiger partial charge in [-0.2, -0.15) is 0 Å². The van der Waals surface area contributed by atoms with Gasteiger partial charge in [0.1, 0.15) is 0 Å². The summed E-state index contributed by atoms with van der Waals surface area (Å²) in [5, 5.41) is 19.0. The smallest absolute Gasteiger partial charge is 0.407 e. The molecule has 0 bridgehead atoms. The fourth-order valence-electron chi connectivity index (χ4n) is 7.27. The van der Waals surface area contributed by atoms with Crippen LogP contribution in [0.15, 0.2) is 42.6 Å². The van der Waals surface area contributed by atoms with Crippen molar-refractivity contribution >= 4 is 52.7 Å². The Bertz CT molecular complexity index is 2140. The van der Waals surface area contributed by atoms with E-state index in [0.717, 1.165) is 17.7 Å². The number of anilines is 1. The Kier molecular flexibility index (Phi) is 10.7. The summed E-state index contributed by atoms with van der Waals surface area (Å²) in [4.78, 5) is 66.5. The number of carboxylic acid groups (broad SMARTS) is 1. The fourth-order valence-corrected chi connectivity index (χ4v) is 7.85. The Morgan fingerprint density at radius 3 is 2.59 bits per heavy atom. The topological polar surface area (TPSA) is 184 Å². The van der Waals surface area contributed by atoms with Gasteiger partial charge >= 0.3 is 6.09 Å². The van der Waals surface area contributed by atoms with Crippen molar-refractivity contribution in [1.29, 1.82) is 0 Å². The van der Waals surface area contributed by atoms with Crippen LogP contribution in [-0.4, -0.2) is 97.6 Å². The first-order valence-electron chi connectivity index (χ1n) is 17.6. The number of amides is 4. The zero-order valence-corrected chi connectivity index (χ0v) is 31.2. The number of nitrogens with one attached hydrogen (secondary N) is 3. The molecule has 3 aliphatic rings. The monoisotopic (exact) mass is 775 g/mol. The summed E-state index contributed by atoms with van der Waals surface area (Å²) in [6, 6.07) is 10.8. The largest absolute Gasteiger partial charge is 0.481 e. The SMILES string of the molecule is COc1nc(-c2ccnc(-c3cccc(NC(=O)c4nc5c(n4C)CCN(C(=O)[C@H]4CCN(C(=O)O)C4)C5)c3Cl)c2Cl)ccc1CNC[C@@H]1CCC(=O)N1. The van der Waals surface area contributed by atoms with Crippen LogP contribution < -0.4 is 20.7 Å². The lowest BCUT2D eigenvalue weighted by Gasteiger charge is -2.29. The third-order valence-corrected chi connectivity index (χ3v) is 11.0. The first-order valence-corrected chi connectivity index (χ1v) is 18.4. The second-order valence-corrected chi connectivity index (χ2v) is 14.3. The zero-order valence-electron chi connectivity index (χ0n) is 29.7. The number of imidazole rings is 1. The molecule has 3 aliphatic heterocycles. The number of aromatic nitrogens is 4. The lowest BCUT2D eigenvalue weighted by Crippen LogP contribution is -2.41. The highest BCUT2D eigenvalue weighted by molar-refractivity contribution is 6.39. The fraction of sp³-hybridized carbons (Fsp3) is 0.378. The van der Waals surface area contributed by atoms with E-state index in [1.54, 1.807) is 54.1 Å². The number of fused-ring (bicyclic) bond motifs is 1. The van der Waals surface area contributed by atoms with E-state index >= 15 is 0 Å². The van der Waals surface area contributed by atoms with Crippen molar-refractivity contribution < 1.29 is 29.0 Å². The van der Waals surface area contributed by atoms with Crippen molar-refractivity contribution in [2.24, 2.45) is 13.0 Å². The number of hydrogen-bond donors (Lipinski definition) is 4. The van der Waals surface area contributed by atoms with Gasteiger partial charge in [0, 0.05) is 87.2 Å². The van der Waals surface area contributed by atoms with Crippen molar-refractivity contribution in [1.82, 2.24) is 40.0 Å². The van der Waals surface area contributed by atoms with Crippen LogP contribution in [0, 0.1) is 5.92 Å². The molecule has 2 saturated heterocycles. The van der Waals surface area contributed by atoms with Crippen molar-refractivity contribution in [2.45, 2.75) is 44.8 Å². The summed E-state index contributed by atoms with van der Waals surface area (Å²) >= 11 is 13.9. The molecule has 6 heterocycles. The Morgan fingerprint density at radius 2 is 1.85 bits per heavy atom. The Labute approximate surface area is 321 Å². The molecule has 3 aromatic heterocycles. The lowest BCUT2D eigenvalue weighted by molar-refractivity contribution is -0.136. The highest BCUT2D eigenvalue weighted by atomic mass is 35.5. The number of methoxy groups -OCH3 is 1. The molecule has 7 rings (SSSR count).